The van der Waals surface area contributed by atoms with Crippen molar-refractivity contribution in [3.8, 4) is 0 Å². The molecule has 1 heterocycles. The number of halogens is 1. The maximum atomic E-state index is 13.4. The summed E-state index contributed by atoms with van der Waals surface area (Å²) in [6, 6.07) is 7.44. The van der Waals surface area contributed by atoms with Crippen molar-refractivity contribution in [2.45, 2.75) is 19.5 Å². The van der Waals surface area contributed by atoms with Gasteiger partial charge in [-0.2, -0.15) is 0 Å². The predicted molar refractivity (Wildman–Crippen MR) is 72.0 cm³/mol. The van der Waals surface area contributed by atoms with E-state index in [0.717, 1.165) is 38.3 Å². The Hall–Kier alpha value is -0.970. The molecule has 1 unspecified atom stereocenters. The molecular formula is C14H22FN3. The van der Waals surface area contributed by atoms with Crippen LogP contribution >= 0.6 is 0 Å². The molecule has 1 fully saturated rings. The van der Waals surface area contributed by atoms with Gasteiger partial charge in [0.2, 0.25) is 0 Å². The van der Waals surface area contributed by atoms with E-state index in [-0.39, 0.29) is 5.82 Å². The minimum Gasteiger partial charge on any atom is -0.314 e. The van der Waals surface area contributed by atoms with Crippen molar-refractivity contribution in [2.24, 2.45) is 0 Å². The van der Waals surface area contributed by atoms with Crippen LogP contribution in [0.15, 0.2) is 24.3 Å². The largest absolute Gasteiger partial charge is 0.314 e. The highest BCUT2D eigenvalue weighted by atomic mass is 19.1. The lowest BCUT2D eigenvalue weighted by molar-refractivity contribution is 0.180. The Balaban J connectivity index is 1.73. The van der Waals surface area contributed by atoms with Crippen molar-refractivity contribution in [2.75, 3.05) is 32.7 Å². The molecule has 0 spiro atoms. The van der Waals surface area contributed by atoms with Crippen LogP contribution in [0.4, 0.5) is 4.39 Å². The maximum Gasteiger partial charge on any atom is 0.127 e. The molecule has 1 saturated heterocycles. The molecule has 1 aliphatic rings. The van der Waals surface area contributed by atoms with Gasteiger partial charge in [0.15, 0.2) is 0 Å². The van der Waals surface area contributed by atoms with Crippen LogP contribution in [0.1, 0.15) is 12.5 Å². The normalized spacial score (nSPS) is 18.8. The van der Waals surface area contributed by atoms with E-state index in [9.17, 15) is 4.39 Å². The van der Waals surface area contributed by atoms with Crippen LogP contribution < -0.4 is 10.6 Å². The Kier molecular flexibility index (Phi) is 5.11. The van der Waals surface area contributed by atoms with Crippen LogP contribution in [-0.4, -0.2) is 43.7 Å². The molecule has 0 aromatic heterocycles. The van der Waals surface area contributed by atoms with Gasteiger partial charge in [-0.25, -0.2) is 4.39 Å². The van der Waals surface area contributed by atoms with E-state index in [2.05, 4.69) is 22.5 Å². The van der Waals surface area contributed by atoms with Crippen LogP contribution in [0.2, 0.25) is 0 Å². The maximum absolute atomic E-state index is 13.4. The van der Waals surface area contributed by atoms with E-state index in [1.807, 2.05) is 12.1 Å². The fourth-order valence-corrected chi connectivity index (χ4v) is 2.31. The second kappa shape index (κ2) is 6.83. The van der Waals surface area contributed by atoms with Gasteiger partial charge in [-0.05, 0) is 13.0 Å². The number of benzene rings is 1. The molecule has 2 N–H and O–H groups in total. The standard InChI is InChI=1S/C14H22FN3/c1-12(18-8-6-16-7-9-18)10-17-11-13-4-2-3-5-14(13)15/h2-5,12,16-17H,6-11H2,1H3. The molecule has 3 nitrogen and oxygen atoms in total. The third-order valence-electron chi connectivity index (χ3n) is 3.49. The van der Waals surface area contributed by atoms with Gasteiger partial charge in [-0.1, -0.05) is 18.2 Å². The lowest BCUT2D eigenvalue weighted by atomic mass is 10.2. The third-order valence-corrected chi connectivity index (χ3v) is 3.49. The molecule has 18 heavy (non-hydrogen) atoms. The first kappa shape index (κ1) is 13.5. The van der Waals surface area contributed by atoms with Gasteiger partial charge in [-0.3, -0.25) is 4.90 Å². The van der Waals surface area contributed by atoms with Crippen LogP contribution in [0, 0.1) is 5.82 Å². The monoisotopic (exact) mass is 251 g/mol. The van der Waals surface area contributed by atoms with Gasteiger partial charge in [0.05, 0.1) is 0 Å². The summed E-state index contributed by atoms with van der Waals surface area (Å²) in [6.07, 6.45) is 0. The molecule has 2 rings (SSSR count). The topological polar surface area (TPSA) is 27.3 Å². The Labute approximate surface area is 108 Å². The molecule has 1 atom stereocenters. The lowest BCUT2D eigenvalue weighted by Crippen LogP contribution is -2.50. The number of rotatable bonds is 5. The van der Waals surface area contributed by atoms with Gasteiger partial charge in [0, 0.05) is 50.9 Å². The smallest absolute Gasteiger partial charge is 0.127 e. The molecule has 1 aliphatic heterocycles. The summed E-state index contributed by atoms with van der Waals surface area (Å²) in [6.45, 7) is 8.05. The summed E-state index contributed by atoms with van der Waals surface area (Å²) in [5.41, 5.74) is 0.741. The first-order chi connectivity index (χ1) is 8.77. The Morgan fingerprint density at radius 3 is 2.78 bits per heavy atom. The summed E-state index contributed by atoms with van der Waals surface area (Å²) in [7, 11) is 0. The predicted octanol–water partition coefficient (Wildman–Crippen LogP) is 1.21. The average Bonchev–Trinajstić information content (AvgIpc) is 2.42. The van der Waals surface area contributed by atoms with Gasteiger partial charge in [0.25, 0.3) is 0 Å². The summed E-state index contributed by atoms with van der Waals surface area (Å²) < 4.78 is 13.4. The van der Waals surface area contributed by atoms with Gasteiger partial charge >= 0.3 is 0 Å². The zero-order valence-electron chi connectivity index (χ0n) is 11.0. The van der Waals surface area contributed by atoms with Crippen LogP contribution in [0.25, 0.3) is 0 Å². The van der Waals surface area contributed by atoms with Crippen molar-refractivity contribution in [3.63, 3.8) is 0 Å². The lowest BCUT2D eigenvalue weighted by Gasteiger charge is -2.32. The SMILES string of the molecule is CC(CNCc1ccccc1F)N1CCNCC1. The fraction of sp³-hybridized carbons (Fsp3) is 0.571. The Morgan fingerprint density at radius 2 is 2.06 bits per heavy atom. The number of piperazine rings is 1. The molecule has 4 heteroatoms. The summed E-state index contributed by atoms with van der Waals surface area (Å²) >= 11 is 0. The van der Waals surface area contributed by atoms with E-state index in [1.165, 1.54) is 6.07 Å². The number of hydrogen-bond donors (Lipinski definition) is 2. The highest BCUT2D eigenvalue weighted by Gasteiger charge is 2.15. The van der Waals surface area contributed by atoms with E-state index < -0.39 is 0 Å². The first-order valence-electron chi connectivity index (χ1n) is 6.66. The summed E-state index contributed by atoms with van der Waals surface area (Å²) in [5, 5.41) is 6.68. The van der Waals surface area contributed by atoms with Crippen LogP contribution in [-0.2, 0) is 6.54 Å². The van der Waals surface area contributed by atoms with Crippen LogP contribution in [0.3, 0.4) is 0 Å². The average molecular weight is 251 g/mol. The molecule has 100 valence electrons. The molecule has 0 radical (unpaired) electrons. The van der Waals surface area contributed by atoms with Gasteiger partial charge in [0.1, 0.15) is 5.82 Å². The molecule has 0 amide bonds. The van der Waals surface area contributed by atoms with Gasteiger partial charge in [-0.15, -0.1) is 0 Å². The molecule has 1 aromatic rings. The highest BCUT2D eigenvalue weighted by molar-refractivity contribution is 5.16. The molecule has 1 aromatic carbocycles. The van der Waals surface area contributed by atoms with Gasteiger partial charge < -0.3 is 10.6 Å². The van der Waals surface area contributed by atoms with E-state index in [4.69, 9.17) is 0 Å². The third kappa shape index (κ3) is 3.77. The molecule has 0 bridgehead atoms. The van der Waals surface area contributed by atoms with Crippen molar-refractivity contribution in [3.05, 3.63) is 35.6 Å². The number of nitrogens with zero attached hydrogens (tertiary/aromatic N) is 1. The van der Waals surface area contributed by atoms with E-state index >= 15 is 0 Å². The quantitative estimate of drug-likeness (QED) is 0.823. The Bertz CT molecular complexity index is 364. The minimum atomic E-state index is -0.125. The molecule has 0 aliphatic carbocycles. The van der Waals surface area contributed by atoms with Crippen LogP contribution in [0.5, 0.6) is 0 Å². The number of nitrogens with one attached hydrogen (secondary N) is 2. The molecular weight excluding hydrogens is 229 g/mol. The molecule has 0 saturated carbocycles. The first-order valence-corrected chi connectivity index (χ1v) is 6.66. The van der Waals surface area contributed by atoms with Crippen molar-refractivity contribution < 1.29 is 4.39 Å². The van der Waals surface area contributed by atoms with Crippen molar-refractivity contribution in [1.82, 2.24) is 15.5 Å². The highest BCUT2D eigenvalue weighted by Crippen LogP contribution is 2.06. The second-order valence-corrected chi connectivity index (χ2v) is 4.86. The number of hydrogen-bond acceptors (Lipinski definition) is 3. The van der Waals surface area contributed by atoms with E-state index in [1.54, 1.807) is 6.07 Å². The zero-order chi connectivity index (χ0) is 12.8. The zero-order valence-corrected chi connectivity index (χ0v) is 11.0. The summed E-state index contributed by atoms with van der Waals surface area (Å²) in [4.78, 5) is 2.46. The minimum absolute atomic E-state index is 0.125. The van der Waals surface area contributed by atoms with Crippen molar-refractivity contribution in [1.29, 1.82) is 0 Å². The second-order valence-electron chi connectivity index (χ2n) is 4.86. The van der Waals surface area contributed by atoms with E-state index in [0.29, 0.717) is 12.6 Å². The Morgan fingerprint density at radius 1 is 1.33 bits per heavy atom. The van der Waals surface area contributed by atoms with Crippen molar-refractivity contribution >= 4 is 0 Å². The fourth-order valence-electron chi connectivity index (χ4n) is 2.31. The summed E-state index contributed by atoms with van der Waals surface area (Å²) in [5.74, 6) is -0.125.